The van der Waals surface area contributed by atoms with Crippen LogP contribution in [-0.4, -0.2) is 27.6 Å². The Morgan fingerprint density at radius 3 is 2.00 bits per heavy atom. The van der Waals surface area contributed by atoms with Gasteiger partial charge in [-0.25, -0.2) is 0 Å². The van der Waals surface area contributed by atoms with E-state index in [4.69, 9.17) is 18.9 Å². The van der Waals surface area contributed by atoms with Gasteiger partial charge in [-0.15, -0.1) is 0 Å². The summed E-state index contributed by atoms with van der Waals surface area (Å²) in [5, 5.41) is 0. The highest BCUT2D eigenvalue weighted by Gasteiger charge is 2.09. The quantitative estimate of drug-likeness (QED) is 0.218. The molecule has 0 spiro atoms. The number of hydrogen-bond acceptors (Lipinski definition) is 4. The molecule has 0 aliphatic rings. The summed E-state index contributed by atoms with van der Waals surface area (Å²) in [6.07, 6.45) is 11.9. The van der Waals surface area contributed by atoms with Crippen LogP contribution in [0.15, 0.2) is 11.7 Å². The van der Waals surface area contributed by atoms with E-state index in [1.807, 2.05) is 0 Å². The van der Waals surface area contributed by atoms with Crippen molar-refractivity contribution in [2.45, 2.75) is 78.1 Å². The van der Waals surface area contributed by atoms with Crippen molar-refractivity contribution in [2.24, 2.45) is 0 Å². The van der Waals surface area contributed by atoms with Crippen LogP contribution in [0.5, 0.6) is 0 Å². The van der Waals surface area contributed by atoms with Gasteiger partial charge >= 0.3 is 5.95 Å². The number of hydrogen-bond donors (Lipinski definition) is 0. The van der Waals surface area contributed by atoms with E-state index in [9.17, 15) is 0 Å². The van der Waals surface area contributed by atoms with Gasteiger partial charge in [0.15, 0.2) is 12.6 Å². The number of unbranched alkanes of at least 4 members (excludes halogenated alkanes) is 7. The summed E-state index contributed by atoms with van der Waals surface area (Å²) in [6.45, 7) is 5.37. The highest BCUT2D eigenvalue weighted by molar-refractivity contribution is 4.94. The molecule has 0 heterocycles. The fraction of sp³-hybridized carbons (Fsp3) is 0.889. The van der Waals surface area contributed by atoms with Gasteiger partial charge in [-0.2, -0.15) is 0 Å². The van der Waals surface area contributed by atoms with Crippen LogP contribution in [0, 0.1) is 0 Å². The van der Waals surface area contributed by atoms with Crippen LogP contribution >= 0.6 is 0 Å². The highest BCUT2D eigenvalue weighted by Crippen LogP contribution is 2.16. The molecule has 0 radical (unpaired) electrons. The van der Waals surface area contributed by atoms with Crippen molar-refractivity contribution in [1.29, 1.82) is 0 Å². The maximum absolute atomic E-state index is 5.53. The first-order valence-corrected chi connectivity index (χ1v) is 8.81. The molecule has 4 nitrogen and oxygen atoms in total. The summed E-state index contributed by atoms with van der Waals surface area (Å²) in [5.74, 6) is 1.21. The third-order valence-corrected chi connectivity index (χ3v) is 3.58. The maximum Gasteiger partial charge on any atom is 0.320 e. The molecule has 0 aromatic carbocycles. The van der Waals surface area contributed by atoms with E-state index in [1.54, 1.807) is 14.2 Å². The molecule has 22 heavy (non-hydrogen) atoms. The Balaban J connectivity index is 3.78. The fourth-order valence-corrected chi connectivity index (χ4v) is 2.21. The summed E-state index contributed by atoms with van der Waals surface area (Å²) in [6, 6.07) is 0. The van der Waals surface area contributed by atoms with E-state index in [0.717, 1.165) is 31.6 Å². The minimum absolute atomic E-state index is 0.221. The first-order chi connectivity index (χ1) is 10.8. The van der Waals surface area contributed by atoms with Crippen LogP contribution in [0.1, 0.15) is 78.1 Å². The average Bonchev–Trinajstić information content (AvgIpc) is 2.54. The SMILES string of the molecule is CCCCCCCCOCOC(OC)=C(CCCCC)OC. The molecule has 0 amide bonds. The third-order valence-electron chi connectivity index (χ3n) is 3.58. The number of rotatable bonds is 16. The fourth-order valence-electron chi connectivity index (χ4n) is 2.21. The van der Waals surface area contributed by atoms with Crippen molar-refractivity contribution >= 4 is 0 Å². The van der Waals surface area contributed by atoms with Crippen molar-refractivity contribution in [1.82, 2.24) is 0 Å². The number of ether oxygens (including phenoxy) is 4. The molecule has 0 aliphatic carbocycles. The van der Waals surface area contributed by atoms with Gasteiger partial charge in [0.25, 0.3) is 0 Å². The summed E-state index contributed by atoms with van der Waals surface area (Å²) < 4.78 is 21.6. The lowest BCUT2D eigenvalue weighted by molar-refractivity contribution is -0.0747. The number of allylic oxidation sites excluding steroid dienone is 1. The smallest absolute Gasteiger partial charge is 0.320 e. The molecule has 132 valence electrons. The molecule has 0 aliphatic heterocycles. The van der Waals surface area contributed by atoms with E-state index < -0.39 is 0 Å². The van der Waals surface area contributed by atoms with E-state index in [1.165, 1.54) is 44.9 Å². The molecule has 0 saturated heterocycles. The zero-order chi connectivity index (χ0) is 16.5. The Bertz CT molecular complexity index is 264. The van der Waals surface area contributed by atoms with Gasteiger partial charge in [0.2, 0.25) is 0 Å². The van der Waals surface area contributed by atoms with Crippen LogP contribution in [0.2, 0.25) is 0 Å². The molecule has 0 saturated carbocycles. The van der Waals surface area contributed by atoms with Crippen LogP contribution in [-0.2, 0) is 18.9 Å². The monoisotopic (exact) mass is 316 g/mol. The average molecular weight is 316 g/mol. The first kappa shape index (κ1) is 21.1. The zero-order valence-corrected chi connectivity index (χ0v) is 15.1. The normalized spacial score (nSPS) is 12.0. The minimum Gasteiger partial charge on any atom is -0.494 e. The van der Waals surface area contributed by atoms with Crippen molar-refractivity contribution in [3.05, 3.63) is 11.7 Å². The second-order valence-corrected chi connectivity index (χ2v) is 5.51. The van der Waals surface area contributed by atoms with Crippen LogP contribution in [0.4, 0.5) is 0 Å². The Kier molecular flexibility index (Phi) is 15.8. The molecule has 0 atom stereocenters. The first-order valence-electron chi connectivity index (χ1n) is 8.81. The molecule has 0 aromatic rings. The Morgan fingerprint density at radius 1 is 0.727 bits per heavy atom. The molecule has 0 N–H and O–H groups in total. The second-order valence-electron chi connectivity index (χ2n) is 5.51. The summed E-state index contributed by atoms with van der Waals surface area (Å²) in [7, 11) is 3.25. The lowest BCUT2D eigenvalue weighted by Crippen LogP contribution is -2.07. The molecule has 0 rings (SSSR count). The van der Waals surface area contributed by atoms with Crippen LogP contribution in [0.25, 0.3) is 0 Å². The van der Waals surface area contributed by atoms with Crippen LogP contribution in [0.3, 0.4) is 0 Å². The highest BCUT2D eigenvalue weighted by atomic mass is 16.7. The van der Waals surface area contributed by atoms with Gasteiger partial charge in [0, 0.05) is 6.42 Å². The largest absolute Gasteiger partial charge is 0.494 e. The van der Waals surface area contributed by atoms with Crippen molar-refractivity contribution in [3.63, 3.8) is 0 Å². The van der Waals surface area contributed by atoms with Crippen molar-refractivity contribution in [3.8, 4) is 0 Å². The molecular weight excluding hydrogens is 280 g/mol. The molecule has 4 heteroatoms. The van der Waals surface area contributed by atoms with Crippen molar-refractivity contribution < 1.29 is 18.9 Å². The molecule has 0 fully saturated rings. The maximum atomic E-state index is 5.53. The lowest BCUT2D eigenvalue weighted by Gasteiger charge is -2.14. The van der Waals surface area contributed by atoms with Gasteiger partial charge in [-0.05, 0) is 12.8 Å². The standard InChI is InChI=1S/C18H36O4/c1-5-7-9-10-11-13-15-21-16-22-18(20-4)17(19-3)14-12-8-6-2/h5-16H2,1-4H3. The Labute approximate surface area is 137 Å². The Morgan fingerprint density at radius 2 is 1.36 bits per heavy atom. The van der Waals surface area contributed by atoms with E-state index in [2.05, 4.69) is 13.8 Å². The van der Waals surface area contributed by atoms with E-state index in [-0.39, 0.29) is 6.79 Å². The number of methoxy groups -OCH3 is 2. The van der Waals surface area contributed by atoms with Gasteiger partial charge in [-0.3, -0.25) is 0 Å². The predicted molar refractivity (Wildman–Crippen MR) is 90.5 cm³/mol. The van der Waals surface area contributed by atoms with Gasteiger partial charge in [-0.1, -0.05) is 58.8 Å². The van der Waals surface area contributed by atoms with Crippen LogP contribution < -0.4 is 0 Å². The molecule has 0 unspecified atom stereocenters. The summed E-state index contributed by atoms with van der Waals surface area (Å²) in [5.41, 5.74) is 0. The van der Waals surface area contributed by atoms with E-state index in [0.29, 0.717) is 5.95 Å². The summed E-state index contributed by atoms with van der Waals surface area (Å²) >= 11 is 0. The Hall–Kier alpha value is -0.900. The summed E-state index contributed by atoms with van der Waals surface area (Å²) in [4.78, 5) is 0. The van der Waals surface area contributed by atoms with Crippen molar-refractivity contribution in [2.75, 3.05) is 27.6 Å². The topological polar surface area (TPSA) is 36.9 Å². The van der Waals surface area contributed by atoms with Gasteiger partial charge in [0.05, 0.1) is 20.8 Å². The predicted octanol–water partition coefficient (Wildman–Crippen LogP) is 5.38. The van der Waals surface area contributed by atoms with E-state index >= 15 is 0 Å². The molecular formula is C18H36O4. The minimum atomic E-state index is 0.221. The molecule has 0 bridgehead atoms. The van der Waals surface area contributed by atoms with Gasteiger partial charge in [0.1, 0.15) is 0 Å². The van der Waals surface area contributed by atoms with Gasteiger partial charge < -0.3 is 18.9 Å². The second kappa shape index (κ2) is 16.5. The zero-order valence-electron chi connectivity index (χ0n) is 15.1. The molecule has 0 aromatic heterocycles. The lowest BCUT2D eigenvalue weighted by atomic mass is 10.1. The third kappa shape index (κ3) is 11.7.